The Kier molecular flexibility index (Phi) is 3.54. The standard InChI is InChI=1S/C16H11N3O5/c1-8-5-12-14(16(20)23-8)13(11(7-17)15(18)24-12)9-3-2-4-10(6-9)19(21)22/h2-6,13H,18H2,1H3. The summed E-state index contributed by atoms with van der Waals surface area (Å²) in [7, 11) is 0. The molecular weight excluding hydrogens is 314 g/mol. The van der Waals surface area contributed by atoms with E-state index in [4.69, 9.17) is 14.9 Å². The predicted molar refractivity (Wildman–Crippen MR) is 82.1 cm³/mol. The van der Waals surface area contributed by atoms with Crippen molar-refractivity contribution in [3.8, 4) is 11.8 Å². The second-order valence-electron chi connectivity index (χ2n) is 5.20. The van der Waals surface area contributed by atoms with E-state index in [2.05, 4.69) is 0 Å². The van der Waals surface area contributed by atoms with Crippen LogP contribution in [0.4, 0.5) is 5.69 Å². The van der Waals surface area contributed by atoms with Crippen molar-refractivity contribution in [3.63, 3.8) is 0 Å². The lowest BCUT2D eigenvalue weighted by atomic mass is 9.84. The number of rotatable bonds is 2. The molecule has 0 spiro atoms. The largest absolute Gasteiger partial charge is 0.440 e. The number of nitriles is 1. The summed E-state index contributed by atoms with van der Waals surface area (Å²) < 4.78 is 10.5. The van der Waals surface area contributed by atoms with E-state index >= 15 is 0 Å². The molecule has 0 bridgehead atoms. The Hall–Kier alpha value is -3.60. The molecule has 0 amide bonds. The minimum Gasteiger partial charge on any atom is -0.440 e. The number of non-ortho nitro benzene ring substituents is 1. The molecule has 0 saturated heterocycles. The molecule has 0 aliphatic carbocycles. The lowest BCUT2D eigenvalue weighted by Crippen LogP contribution is -2.26. The molecule has 1 aromatic heterocycles. The van der Waals surface area contributed by atoms with Gasteiger partial charge in [-0.15, -0.1) is 0 Å². The average Bonchev–Trinajstić information content (AvgIpc) is 2.53. The number of benzene rings is 1. The quantitative estimate of drug-likeness (QED) is 0.660. The summed E-state index contributed by atoms with van der Waals surface area (Å²) in [6, 6.07) is 9.07. The van der Waals surface area contributed by atoms with Crippen molar-refractivity contribution in [2.75, 3.05) is 0 Å². The molecule has 0 radical (unpaired) electrons. The maximum absolute atomic E-state index is 12.3. The molecule has 2 heterocycles. The van der Waals surface area contributed by atoms with E-state index in [1.54, 1.807) is 13.0 Å². The number of nitrogens with two attached hydrogens (primary N) is 1. The third kappa shape index (κ3) is 2.38. The highest BCUT2D eigenvalue weighted by Gasteiger charge is 2.34. The smallest absolute Gasteiger partial charge is 0.343 e. The molecule has 24 heavy (non-hydrogen) atoms. The first kappa shape index (κ1) is 15.3. The van der Waals surface area contributed by atoms with Gasteiger partial charge in [0.1, 0.15) is 23.2 Å². The van der Waals surface area contributed by atoms with E-state index in [-0.39, 0.29) is 28.5 Å². The summed E-state index contributed by atoms with van der Waals surface area (Å²) in [6.45, 7) is 1.58. The number of nitrogens with zero attached hydrogens (tertiary/aromatic N) is 2. The summed E-state index contributed by atoms with van der Waals surface area (Å²) in [5, 5.41) is 20.4. The van der Waals surface area contributed by atoms with E-state index in [1.165, 1.54) is 24.3 Å². The van der Waals surface area contributed by atoms with Crippen LogP contribution in [0.2, 0.25) is 0 Å². The summed E-state index contributed by atoms with van der Waals surface area (Å²) in [5.41, 5.74) is 5.43. The second-order valence-corrected chi connectivity index (χ2v) is 5.20. The number of fused-ring (bicyclic) bond motifs is 1. The molecule has 8 heteroatoms. The normalized spacial score (nSPS) is 16.1. The van der Waals surface area contributed by atoms with Gasteiger partial charge in [-0.05, 0) is 12.5 Å². The van der Waals surface area contributed by atoms with E-state index in [1.807, 2.05) is 6.07 Å². The van der Waals surface area contributed by atoms with Crippen LogP contribution < -0.4 is 16.1 Å². The minimum absolute atomic E-state index is 0.000786. The Morgan fingerprint density at radius 1 is 1.38 bits per heavy atom. The highest BCUT2D eigenvalue weighted by atomic mass is 16.6. The first-order chi connectivity index (χ1) is 11.4. The third-order valence-electron chi connectivity index (χ3n) is 3.67. The molecule has 120 valence electrons. The lowest BCUT2D eigenvalue weighted by Gasteiger charge is -2.25. The number of nitro benzene ring substituents is 1. The van der Waals surface area contributed by atoms with Gasteiger partial charge >= 0.3 is 5.63 Å². The molecule has 1 aliphatic rings. The number of aryl methyl sites for hydroxylation is 1. The highest BCUT2D eigenvalue weighted by molar-refractivity contribution is 5.55. The second kappa shape index (κ2) is 5.55. The molecule has 0 saturated carbocycles. The van der Waals surface area contributed by atoms with Gasteiger partial charge in [0, 0.05) is 18.2 Å². The Morgan fingerprint density at radius 3 is 2.79 bits per heavy atom. The zero-order valence-electron chi connectivity index (χ0n) is 12.5. The first-order valence-electron chi connectivity index (χ1n) is 6.89. The fraction of sp³-hybridized carbons (Fsp3) is 0.125. The van der Waals surface area contributed by atoms with E-state index in [0.717, 1.165) is 0 Å². The van der Waals surface area contributed by atoms with Gasteiger partial charge in [-0.2, -0.15) is 5.26 Å². The van der Waals surface area contributed by atoms with Crippen LogP contribution in [0, 0.1) is 28.4 Å². The van der Waals surface area contributed by atoms with Gasteiger partial charge in [0.25, 0.3) is 5.69 Å². The van der Waals surface area contributed by atoms with E-state index in [9.17, 15) is 20.2 Å². The van der Waals surface area contributed by atoms with Crippen LogP contribution in [0.5, 0.6) is 5.75 Å². The van der Waals surface area contributed by atoms with Crippen molar-refractivity contribution in [3.05, 3.63) is 79.2 Å². The number of allylic oxidation sites excluding steroid dienone is 1. The van der Waals surface area contributed by atoms with Crippen LogP contribution in [0.1, 0.15) is 22.8 Å². The zero-order chi connectivity index (χ0) is 17.4. The van der Waals surface area contributed by atoms with Gasteiger partial charge in [-0.25, -0.2) is 4.79 Å². The molecule has 8 nitrogen and oxygen atoms in total. The summed E-state index contributed by atoms with van der Waals surface area (Å²) >= 11 is 0. The molecule has 2 aromatic rings. The molecule has 2 N–H and O–H groups in total. The van der Waals surface area contributed by atoms with Crippen LogP contribution >= 0.6 is 0 Å². The zero-order valence-corrected chi connectivity index (χ0v) is 12.5. The van der Waals surface area contributed by atoms with E-state index < -0.39 is 16.5 Å². The van der Waals surface area contributed by atoms with Crippen molar-refractivity contribution in [1.29, 1.82) is 5.26 Å². The molecular formula is C16H11N3O5. The van der Waals surface area contributed by atoms with Crippen molar-refractivity contribution < 1.29 is 14.1 Å². The molecule has 1 aliphatic heterocycles. The predicted octanol–water partition coefficient (Wildman–Crippen LogP) is 2.07. The lowest BCUT2D eigenvalue weighted by molar-refractivity contribution is -0.384. The van der Waals surface area contributed by atoms with Gasteiger partial charge in [0.15, 0.2) is 0 Å². The van der Waals surface area contributed by atoms with Crippen molar-refractivity contribution in [1.82, 2.24) is 0 Å². The Morgan fingerprint density at radius 2 is 2.12 bits per heavy atom. The average molecular weight is 325 g/mol. The minimum atomic E-state index is -0.893. The Balaban J connectivity index is 2.30. The fourth-order valence-corrected chi connectivity index (χ4v) is 2.67. The maximum atomic E-state index is 12.3. The highest BCUT2D eigenvalue weighted by Crippen LogP contribution is 2.41. The van der Waals surface area contributed by atoms with Crippen molar-refractivity contribution >= 4 is 5.69 Å². The molecule has 3 rings (SSSR count). The molecule has 0 fully saturated rings. The SMILES string of the molecule is Cc1cc2c(c(=O)o1)C(c1cccc([N+](=O)[O-])c1)C(C#N)=C(N)O2. The van der Waals surface area contributed by atoms with E-state index in [0.29, 0.717) is 11.3 Å². The fourth-order valence-electron chi connectivity index (χ4n) is 2.67. The van der Waals surface area contributed by atoms with Crippen LogP contribution in [-0.4, -0.2) is 4.92 Å². The van der Waals surface area contributed by atoms with Crippen LogP contribution in [0.3, 0.4) is 0 Å². The van der Waals surface area contributed by atoms with Gasteiger partial charge in [0.05, 0.1) is 16.4 Å². The van der Waals surface area contributed by atoms with Gasteiger partial charge in [0.2, 0.25) is 5.88 Å². The molecule has 1 unspecified atom stereocenters. The summed E-state index contributed by atoms with van der Waals surface area (Å²) in [5.74, 6) is -0.538. The number of hydrogen-bond donors (Lipinski definition) is 1. The number of ether oxygens (including phenoxy) is 1. The third-order valence-corrected chi connectivity index (χ3v) is 3.67. The van der Waals surface area contributed by atoms with Gasteiger partial charge in [-0.1, -0.05) is 12.1 Å². The monoisotopic (exact) mass is 325 g/mol. The van der Waals surface area contributed by atoms with Crippen molar-refractivity contribution in [2.24, 2.45) is 5.73 Å². The number of hydrogen-bond acceptors (Lipinski definition) is 7. The Bertz CT molecular complexity index is 984. The Labute approximate surface area is 135 Å². The van der Waals surface area contributed by atoms with Crippen LogP contribution in [0.25, 0.3) is 0 Å². The van der Waals surface area contributed by atoms with Crippen LogP contribution in [-0.2, 0) is 0 Å². The van der Waals surface area contributed by atoms with Crippen molar-refractivity contribution in [2.45, 2.75) is 12.8 Å². The van der Waals surface area contributed by atoms with Gasteiger partial charge < -0.3 is 14.9 Å². The molecule has 1 aromatic carbocycles. The molecule has 1 atom stereocenters. The van der Waals surface area contributed by atoms with Gasteiger partial charge in [-0.3, -0.25) is 10.1 Å². The number of nitro groups is 1. The maximum Gasteiger partial charge on any atom is 0.343 e. The summed E-state index contributed by atoms with van der Waals surface area (Å²) in [6.07, 6.45) is 0. The topological polar surface area (TPSA) is 132 Å². The summed E-state index contributed by atoms with van der Waals surface area (Å²) in [4.78, 5) is 22.8. The van der Waals surface area contributed by atoms with Crippen LogP contribution in [0.15, 0.2) is 51.0 Å². The first-order valence-corrected chi connectivity index (χ1v) is 6.89.